The fourth-order valence-corrected chi connectivity index (χ4v) is 4.49. The fourth-order valence-electron chi connectivity index (χ4n) is 4.49. The minimum Gasteiger partial charge on any atom is -0.507 e. The average Bonchev–Trinajstić information content (AvgIpc) is 3.34. The number of hydrogen-bond donors (Lipinski definition) is 2. The quantitative estimate of drug-likeness (QED) is 0.686. The molecule has 2 aliphatic rings. The van der Waals surface area contributed by atoms with Gasteiger partial charge in [-0.05, 0) is 37.1 Å². The molecule has 3 atom stereocenters. The minimum absolute atomic E-state index is 0.0161. The Bertz CT molecular complexity index is 1040. The van der Waals surface area contributed by atoms with Gasteiger partial charge in [0.15, 0.2) is 5.82 Å². The molecule has 4 heterocycles. The van der Waals surface area contributed by atoms with E-state index in [-0.39, 0.29) is 24.3 Å². The van der Waals surface area contributed by atoms with Gasteiger partial charge in [0.05, 0.1) is 23.8 Å². The van der Waals surface area contributed by atoms with Crippen molar-refractivity contribution in [3.05, 3.63) is 49.1 Å². The van der Waals surface area contributed by atoms with Gasteiger partial charge in [0.25, 0.3) is 5.92 Å². The molecular weight excluding hydrogens is 390 g/mol. The number of nitrogens with one attached hydrogen (secondary N) is 1. The van der Waals surface area contributed by atoms with Gasteiger partial charge in [-0.2, -0.15) is 0 Å². The Balaban J connectivity index is 1.33. The van der Waals surface area contributed by atoms with Crippen LogP contribution in [0.15, 0.2) is 49.1 Å². The van der Waals surface area contributed by atoms with E-state index in [4.69, 9.17) is 0 Å². The van der Waals surface area contributed by atoms with Crippen molar-refractivity contribution in [2.75, 3.05) is 11.9 Å². The summed E-state index contributed by atoms with van der Waals surface area (Å²) in [4.78, 5) is 5.94. The Hall–Kier alpha value is -3.07. The van der Waals surface area contributed by atoms with Crippen LogP contribution in [0.5, 0.6) is 5.75 Å². The van der Waals surface area contributed by atoms with Crippen molar-refractivity contribution >= 4 is 5.82 Å². The van der Waals surface area contributed by atoms with Crippen LogP contribution in [0.3, 0.4) is 0 Å². The van der Waals surface area contributed by atoms with Crippen LogP contribution in [0.2, 0.25) is 0 Å². The highest BCUT2D eigenvalue weighted by atomic mass is 19.3. The topological polar surface area (TPSA) is 79.1 Å². The molecule has 2 aliphatic heterocycles. The zero-order chi connectivity index (χ0) is 20.9. The molecule has 7 nitrogen and oxygen atoms in total. The van der Waals surface area contributed by atoms with E-state index in [2.05, 4.69) is 20.5 Å². The van der Waals surface area contributed by atoms with E-state index in [1.165, 1.54) is 0 Å². The second kappa shape index (κ2) is 7.02. The molecule has 9 heteroatoms. The number of piperidine rings is 1. The largest absolute Gasteiger partial charge is 0.507 e. The minimum atomic E-state index is -2.64. The zero-order valence-electron chi connectivity index (χ0n) is 16.4. The predicted octanol–water partition coefficient (Wildman–Crippen LogP) is 3.00. The van der Waals surface area contributed by atoms with Crippen LogP contribution in [0.25, 0.3) is 16.9 Å². The smallest absolute Gasteiger partial charge is 0.264 e. The molecule has 5 rings (SSSR count). The van der Waals surface area contributed by atoms with Gasteiger partial charge in [-0.15, -0.1) is 10.2 Å². The molecule has 2 saturated heterocycles. The second-order valence-electron chi connectivity index (χ2n) is 8.07. The molecule has 0 saturated carbocycles. The van der Waals surface area contributed by atoms with Crippen molar-refractivity contribution in [1.29, 1.82) is 0 Å². The summed E-state index contributed by atoms with van der Waals surface area (Å²) in [5.74, 6) is -1.92. The first-order valence-electron chi connectivity index (χ1n) is 9.93. The third-order valence-corrected chi connectivity index (χ3v) is 6.15. The monoisotopic (exact) mass is 412 g/mol. The van der Waals surface area contributed by atoms with Crippen LogP contribution in [0.4, 0.5) is 14.6 Å². The molecule has 2 aromatic heterocycles. The molecule has 0 aliphatic carbocycles. The first kappa shape index (κ1) is 18.9. The van der Waals surface area contributed by atoms with Crippen LogP contribution in [0.1, 0.15) is 19.3 Å². The summed E-state index contributed by atoms with van der Waals surface area (Å²) in [5, 5.41) is 22.0. The molecule has 156 valence electrons. The number of nitrogens with zero attached hydrogens (tertiary/aromatic N) is 5. The van der Waals surface area contributed by atoms with E-state index in [0.29, 0.717) is 29.9 Å². The Morgan fingerprint density at radius 1 is 1.20 bits per heavy atom. The van der Waals surface area contributed by atoms with Gasteiger partial charge < -0.3 is 19.9 Å². The Labute approximate surface area is 172 Å². The van der Waals surface area contributed by atoms with Gasteiger partial charge in [0, 0.05) is 49.6 Å². The van der Waals surface area contributed by atoms with Crippen molar-refractivity contribution in [2.24, 2.45) is 0 Å². The van der Waals surface area contributed by atoms with Gasteiger partial charge >= 0.3 is 0 Å². The van der Waals surface area contributed by atoms with Crippen molar-refractivity contribution < 1.29 is 13.9 Å². The molecule has 2 N–H and O–H groups in total. The summed E-state index contributed by atoms with van der Waals surface area (Å²) in [6.07, 6.45) is 6.05. The summed E-state index contributed by atoms with van der Waals surface area (Å²) in [6, 6.07) is 7.93. The number of phenols is 1. The summed E-state index contributed by atoms with van der Waals surface area (Å²) in [5.41, 5.74) is 1.90. The predicted molar refractivity (Wildman–Crippen MR) is 108 cm³/mol. The average molecular weight is 412 g/mol. The summed E-state index contributed by atoms with van der Waals surface area (Å²) in [6.45, 7) is 0. The highest BCUT2D eigenvalue weighted by Crippen LogP contribution is 2.40. The zero-order valence-corrected chi connectivity index (χ0v) is 16.4. The van der Waals surface area contributed by atoms with Gasteiger partial charge in [0.2, 0.25) is 0 Å². The second-order valence-corrected chi connectivity index (χ2v) is 8.07. The first-order valence-corrected chi connectivity index (χ1v) is 9.93. The molecule has 2 bridgehead atoms. The van der Waals surface area contributed by atoms with Crippen molar-refractivity contribution in [3.63, 3.8) is 0 Å². The molecule has 30 heavy (non-hydrogen) atoms. The Kier molecular flexibility index (Phi) is 4.43. The van der Waals surface area contributed by atoms with Crippen molar-refractivity contribution in [1.82, 2.24) is 25.1 Å². The van der Waals surface area contributed by atoms with Gasteiger partial charge in [-0.25, -0.2) is 13.8 Å². The summed E-state index contributed by atoms with van der Waals surface area (Å²) >= 11 is 0. The van der Waals surface area contributed by atoms with E-state index in [9.17, 15) is 13.9 Å². The number of aromatic nitrogens is 4. The van der Waals surface area contributed by atoms with Gasteiger partial charge in [0.1, 0.15) is 5.75 Å². The molecule has 0 unspecified atom stereocenters. The van der Waals surface area contributed by atoms with Gasteiger partial charge in [-0.1, -0.05) is 0 Å². The lowest BCUT2D eigenvalue weighted by molar-refractivity contribution is -0.0128. The van der Waals surface area contributed by atoms with Crippen molar-refractivity contribution in [3.8, 4) is 22.7 Å². The number of rotatable bonds is 4. The molecule has 1 aromatic carbocycles. The van der Waals surface area contributed by atoms with E-state index in [1.54, 1.807) is 41.5 Å². The third kappa shape index (κ3) is 3.28. The Morgan fingerprint density at radius 3 is 2.73 bits per heavy atom. The van der Waals surface area contributed by atoms with Crippen LogP contribution < -0.4 is 10.2 Å². The lowest BCUT2D eigenvalue weighted by Crippen LogP contribution is -2.49. The lowest BCUT2D eigenvalue weighted by atomic mass is 9.98. The van der Waals surface area contributed by atoms with Crippen LogP contribution in [-0.4, -0.2) is 56.0 Å². The van der Waals surface area contributed by atoms with E-state index in [1.807, 2.05) is 24.1 Å². The number of alkyl halides is 2. The third-order valence-electron chi connectivity index (χ3n) is 6.15. The van der Waals surface area contributed by atoms with E-state index in [0.717, 1.165) is 5.69 Å². The number of benzene rings is 1. The lowest BCUT2D eigenvalue weighted by Gasteiger charge is -2.36. The van der Waals surface area contributed by atoms with Gasteiger partial charge in [-0.3, -0.25) is 0 Å². The molecule has 0 radical (unpaired) electrons. The molecule has 0 spiro atoms. The number of fused-ring (bicyclic) bond motifs is 2. The highest BCUT2D eigenvalue weighted by Gasteiger charge is 2.53. The fraction of sp³-hybridized carbons (Fsp3) is 0.381. The molecule has 2 fully saturated rings. The summed E-state index contributed by atoms with van der Waals surface area (Å²) in [7, 11) is 1.87. The number of anilines is 1. The van der Waals surface area contributed by atoms with Crippen LogP contribution in [0, 0.1) is 0 Å². The highest BCUT2D eigenvalue weighted by molar-refractivity contribution is 5.69. The normalized spacial score (nSPS) is 24.7. The van der Waals surface area contributed by atoms with E-state index >= 15 is 0 Å². The molecule has 3 aromatic rings. The number of hydrogen-bond acceptors (Lipinski definition) is 6. The molecule has 0 amide bonds. The SMILES string of the molecule is CN(c1ccc(-c2ccc(-n3ccnc3)cc2O)nn1)[C@H]1C[C@H]2CC(F)(F)[C@@H](C1)N2. The van der Waals surface area contributed by atoms with Crippen molar-refractivity contribution in [2.45, 2.75) is 43.3 Å². The number of aromatic hydroxyl groups is 1. The summed E-state index contributed by atoms with van der Waals surface area (Å²) < 4.78 is 29.8. The maximum absolute atomic E-state index is 14.0. The first-order chi connectivity index (χ1) is 14.4. The maximum atomic E-state index is 14.0. The maximum Gasteiger partial charge on any atom is 0.264 e. The van der Waals surface area contributed by atoms with Crippen LogP contribution >= 0.6 is 0 Å². The number of halogens is 2. The molecular formula is C21H22F2N6O. The van der Waals surface area contributed by atoms with E-state index < -0.39 is 12.0 Å². The van der Waals surface area contributed by atoms with Crippen LogP contribution in [-0.2, 0) is 0 Å². The standard InChI is InChI=1S/C21H22F2N6O/c1-28(15-8-13-11-21(22,23)19(10-15)25-13)20-5-4-17(26-27-20)16-3-2-14(9-18(16)30)29-7-6-24-12-29/h2-7,9,12-13,15,19,25,30H,8,10-11H2,1H3/t13-,15-,19+/m0/s1. The Morgan fingerprint density at radius 2 is 2.07 bits per heavy atom. The number of imidazole rings is 1. The number of phenolic OH excluding ortho intramolecular Hbond substituents is 1.